The number of benzene rings is 1. The van der Waals surface area contributed by atoms with Gasteiger partial charge in [-0.2, -0.15) is 0 Å². The van der Waals surface area contributed by atoms with Crippen LogP contribution in [0, 0.1) is 10.1 Å². The number of hydrogen-bond acceptors (Lipinski definition) is 5. The van der Waals surface area contributed by atoms with Gasteiger partial charge in [0, 0.05) is 11.4 Å². The van der Waals surface area contributed by atoms with Crippen molar-refractivity contribution in [3.63, 3.8) is 0 Å². The molecule has 8 heteroatoms. The molecular formula is C10H9BrClNO5. The molecule has 18 heavy (non-hydrogen) atoms. The monoisotopic (exact) mass is 337 g/mol. The minimum Gasteiger partial charge on any atom is -0.485 e. The Balaban J connectivity index is 3.30. The highest BCUT2D eigenvalue weighted by molar-refractivity contribution is 9.09. The average Bonchev–Trinajstić information content (AvgIpc) is 2.35. The standard InChI is InChI=1S/C10H9BrClNO5/c1-17-10(14)6-2-3-7(13(15)16)9(8(6)12)18-5-4-11/h2-3H,4-5H2,1H3. The maximum Gasteiger partial charge on any atom is 0.339 e. The van der Waals surface area contributed by atoms with Crippen molar-refractivity contribution < 1.29 is 19.2 Å². The molecule has 0 bridgehead atoms. The summed E-state index contributed by atoms with van der Waals surface area (Å²) in [5.74, 6) is -0.817. The molecule has 0 amide bonds. The van der Waals surface area contributed by atoms with E-state index in [1.807, 2.05) is 0 Å². The minimum atomic E-state index is -0.682. The van der Waals surface area contributed by atoms with Crippen molar-refractivity contribution in [1.29, 1.82) is 0 Å². The summed E-state index contributed by atoms with van der Waals surface area (Å²) >= 11 is 9.05. The van der Waals surface area contributed by atoms with Gasteiger partial charge in [-0.3, -0.25) is 10.1 Å². The molecule has 0 aromatic heterocycles. The van der Waals surface area contributed by atoms with E-state index < -0.39 is 10.9 Å². The number of rotatable bonds is 5. The van der Waals surface area contributed by atoms with Crippen LogP contribution in [0.3, 0.4) is 0 Å². The minimum absolute atomic E-state index is 0.0225. The lowest BCUT2D eigenvalue weighted by Gasteiger charge is -2.09. The number of halogens is 2. The highest BCUT2D eigenvalue weighted by Gasteiger charge is 2.24. The number of ether oxygens (including phenoxy) is 2. The largest absolute Gasteiger partial charge is 0.485 e. The van der Waals surface area contributed by atoms with Gasteiger partial charge in [-0.05, 0) is 6.07 Å². The molecular weight excluding hydrogens is 329 g/mol. The first-order valence-corrected chi connectivity index (χ1v) is 6.26. The van der Waals surface area contributed by atoms with Crippen molar-refractivity contribution in [3.8, 4) is 5.75 Å². The first kappa shape index (κ1) is 14.7. The van der Waals surface area contributed by atoms with Crippen molar-refractivity contribution in [2.24, 2.45) is 0 Å². The first-order chi connectivity index (χ1) is 8.52. The SMILES string of the molecule is COC(=O)c1ccc([N+](=O)[O-])c(OCCBr)c1Cl. The van der Waals surface area contributed by atoms with Gasteiger partial charge < -0.3 is 9.47 Å². The van der Waals surface area contributed by atoms with E-state index in [0.29, 0.717) is 5.33 Å². The highest BCUT2D eigenvalue weighted by Crippen LogP contribution is 2.37. The Bertz CT molecular complexity index is 480. The second-order valence-electron chi connectivity index (χ2n) is 3.06. The van der Waals surface area contributed by atoms with Crippen LogP contribution in [0.5, 0.6) is 5.75 Å². The average molecular weight is 339 g/mol. The smallest absolute Gasteiger partial charge is 0.339 e. The number of hydrogen-bond donors (Lipinski definition) is 0. The van der Waals surface area contributed by atoms with Crippen LogP contribution >= 0.6 is 27.5 Å². The van der Waals surface area contributed by atoms with E-state index >= 15 is 0 Å². The third-order valence-electron chi connectivity index (χ3n) is 2.00. The summed E-state index contributed by atoms with van der Waals surface area (Å²) in [6.45, 7) is 0.186. The van der Waals surface area contributed by atoms with Crippen molar-refractivity contribution in [3.05, 3.63) is 32.8 Å². The Morgan fingerprint density at radius 3 is 2.72 bits per heavy atom. The summed E-state index contributed by atoms with van der Waals surface area (Å²) in [6.07, 6.45) is 0. The second-order valence-corrected chi connectivity index (χ2v) is 4.23. The van der Waals surface area contributed by atoms with Gasteiger partial charge in [0.05, 0.1) is 24.2 Å². The molecule has 0 saturated carbocycles. The molecule has 0 radical (unpaired) electrons. The van der Waals surface area contributed by atoms with Gasteiger partial charge >= 0.3 is 11.7 Å². The summed E-state index contributed by atoms with van der Waals surface area (Å²) < 4.78 is 9.70. The molecule has 1 aromatic rings. The fourth-order valence-electron chi connectivity index (χ4n) is 1.24. The van der Waals surface area contributed by atoms with Crippen LogP contribution in [0.15, 0.2) is 12.1 Å². The Hall–Kier alpha value is -1.34. The second kappa shape index (κ2) is 6.55. The van der Waals surface area contributed by atoms with E-state index in [9.17, 15) is 14.9 Å². The van der Waals surface area contributed by atoms with Gasteiger partial charge in [0.1, 0.15) is 5.02 Å². The van der Waals surface area contributed by atoms with E-state index in [-0.39, 0.29) is 28.6 Å². The number of carbonyl (C=O) groups excluding carboxylic acids is 1. The molecule has 0 N–H and O–H groups in total. The quantitative estimate of drug-likeness (QED) is 0.357. The Morgan fingerprint density at radius 2 is 2.22 bits per heavy atom. The third-order valence-corrected chi connectivity index (χ3v) is 2.70. The zero-order valence-electron chi connectivity index (χ0n) is 9.31. The predicted octanol–water partition coefficient (Wildman–Crippen LogP) is 2.81. The first-order valence-electron chi connectivity index (χ1n) is 4.76. The molecule has 0 aliphatic heterocycles. The van der Waals surface area contributed by atoms with Gasteiger partial charge in [-0.1, -0.05) is 27.5 Å². The van der Waals surface area contributed by atoms with Crippen molar-refractivity contribution in [2.75, 3.05) is 19.0 Å². The van der Waals surface area contributed by atoms with Gasteiger partial charge in [-0.25, -0.2) is 4.79 Å². The number of methoxy groups -OCH3 is 1. The van der Waals surface area contributed by atoms with E-state index in [1.165, 1.54) is 13.2 Å². The van der Waals surface area contributed by atoms with Crippen LogP contribution in [0.2, 0.25) is 5.02 Å². The van der Waals surface area contributed by atoms with Gasteiger partial charge in [0.25, 0.3) is 0 Å². The maximum atomic E-state index is 11.4. The number of nitrogens with zero attached hydrogens (tertiary/aromatic N) is 1. The molecule has 6 nitrogen and oxygen atoms in total. The molecule has 1 rings (SSSR count). The van der Waals surface area contributed by atoms with Crippen LogP contribution in [0.4, 0.5) is 5.69 Å². The van der Waals surface area contributed by atoms with Crippen molar-refractivity contribution in [1.82, 2.24) is 0 Å². The molecule has 0 fully saturated rings. The topological polar surface area (TPSA) is 78.7 Å². The number of esters is 1. The Kier molecular flexibility index (Phi) is 5.36. The molecule has 0 atom stereocenters. The molecule has 0 saturated heterocycles. The van der Waals surface area contributed by atoms with Gasteiger partial charge in [0.2, 0.25) is 5.75 Å². The summed E-state index contributed by atoms with van der Waals surface area (Å²) in [5, 5.41) is 11.2. The van der Waals surface area contributed by atoms with E-state index in [4.69, 9.17) is 16.3 Å². The fourth-order valence-corrected chi connectivity index (χ4v) is 1.69. The lowest BCUT2D eigenvalue weighted by Crippen LogP contribution is -2.07. The van der Waals surface area contributed by atoms with Crippen molar-refractivity contribution >= 4 is 39.2 Å². The summed E-state index contributed by atoms with van der Waals surface area (Å²) in [7, 11) is 1.19. The summed E-state index contributed by atoms with van der Waals surface area (Å²) in [6, 6.07) is 2.38. The highest BCUT2D eigenvalue weighted by atomic mass is 79.9. The third kappa shape index (κ3) is 3.11. The molecule has 0 aliphatic rings. The molecule has 0 heterocycles. The van der Waals surface area contributed by atoms with Gasteiger partial charge in [0.15, 0.2) is 0 Å². The predicted molar refractivity (Wildman–Crippen MR) is 68.7 cm³/mol. The molecule has 98 valence electrons. The van der Waals surface area contributed by atoms with E-state index in [0.717, 1.165) is 6.07 Å². The fraction of sp³-hybridized carbons (Fsp3) is 0.300. The van der Waals surface area contributed by atoms with Crippen LogP contribution in [-0.4, -0.2) is 29.9 Å². The maximum absolute atomic E-state index is 11.4. The van der Waals surface area contributed by atoms with E-state index in [1.54, 1.807) is 0 Å². The lowest BCUT2D eigenvalue weighted by molar-refractivity contribution is -0.385. The van der Waals surface area contributed by atoms with E-state index in [2.05, 4.69) is 20.7 Å². The van der Waals surface area contributed by atoms with Crippen LogP contribution in [0.25, 0.3) is 0 Å². The Morgan fingerprint density at radius 1 is 1.56 bits per heavy atom. The molecule has 0 unspecified atom stereocenters. The molecule has 0 aliphatic carbocycles. The lowest BCUT2D eigenvalue weighted by atomic mass is 10.2. The van der Waals surface area contributed by atoms with Crippen LogP contribution < -0.4 is 4.74 Å². The number of carbonyl (C=O) groups is 1. The summed E-state index contributed by atoms with van der Waals surface area (Å²) in [4.78, 5) is 21.6. The zero-order valence-corrected chi connectivity index (χ0v) is 11.7. The number of nitro groups is 1. The zero-order chi connectivity index (χ0) is 13.7. The normalized spacial score (nSPS) is 9.94. The van der Waals surface area contributed by atoms with Crippen LogP contribution in [0.1, 0.15) is 10.4 Å². The summed E-state index contributed by atoms with van der Waals surface area (Å²) in [5.41, 5.74) is -0.275. The number of alkyl halides is 1. The number of nitro benzene ring substituents is 1. The molecule has 1 aromatic carbocycles. The van der Waals surface area contributed by atoms with Crippen molar-refractivity contribution in [2.45, 2.75) is 0 Å². The van der Waals surface area contributed by atoms with Gasteiger partial charge in [-0.15, -0.1) is 0 Å². The van der Waals surface area contributed by atoms with Crippen LogP contribution in [-0.2, 0) is 4.74 Å². The molecule has 0 spiro atoms. The Labute approximate surface area is 116 Å².